The van der Waals surface area contributed by atoms with Crippen molar-refractivity contribution in [2.24, 2.45) is 17.8 Å². The van der Waals surface area contributed by atoms with Gasteiger partial charge in [-0.1, -0.05) is 0 Å². The predicted octanol–water partition coefficient (Wildman–Crippen LogP) is 4.24. The van der Waals surface area contributed by atoms with Crippen LogP contribution in [0.3, 0.4) is 0 Å². The number of nitrogens with zero attached hydrogens (tertiary/aromatic N) is 7. The second-order valence-electron chi connectivity index (χ2n) is 10.7. The summed E-state index contributed by atoms with van der Waals surface area (Å²) in [7, 11) is 1.85. The fourth-order valence-electron chi connectivity index (χ4n) is 4.71. The predicted molar refractivity (Wildman–Crippen MR) is 148 cm³/mol. The van der Waals surface area contributed by atoms with E-state index >= 15 is 0 Å². The maximum absolute atomic E-state index is 12.4. The average molecular weight is 533 g/mol. The van der Waals surface area contributed by atoms with Crippen molar-refractivity contribution in [2.75, 3.05) is 13.1 Å². The van der Waals surface area contributed by atoms with Crippen LogP contribution in [0.4, 0.5) is 4.79 Å². The van der Waals surface area contributed by atoms with Gasteiger partial charge in [0.1, 0.15) is 34.6 Å². The van der Waals surface area contributed by atoms with E-state index in [-0.39, 0.29) is 18.2 Å². The minimum Gasteiger partial charge on any atom is -0.482 e. The van der Waals surface area contributed by atoms with Crippen LogP contribution in [0.1, 0.15) is 70.4 Å². The van der Waals surface area contributed by atoms with Crippen molar-refractivity contribution in [3.63, 3.8) is 0 Å². The van der Waals surface area contributed by atoms with E-state index < -0.39 is 5.60 Å². The zero-order valence-electron chi connectivity index (χ0n) is 23.4. The van der Waals surface area contributed by atoms with Crippen LogP contribution in [0.15, 0.2) is 41.9 Å². The van der Waals surface area contributed by atoms with E-state index in [0.29, 0.717) is 29.9 Å². The molecule has 1 fully saturated rings. The first-order chi connectivity index (χ1) is 18.5. The Bertz CT molecular complexity index is 1450. The molecule has 0 bridgehead atoms. The van der Waals surface area contributed by atoms with Crippen LogP contribution in [0.25, 0.3) is 11.1 Å². The maximum atomic E-state index is 12.4. The fraction of sp³-hybridized carbons (Fsp3) is 0.464. The quantitative estimate of drug-likeness (QED) is 0.469. The van der Waals surface area contributed by atoms with Crippen LogP contribution in [-0.2, 0) is 11.8 Å². The molecule has 206 valence electrons. The molecule has 0 spiro atoms. The van der Waals surface area contributed by atoms with Crippen LogP contribution in [0, 0.1) is 11.3 Å². The number of aryl methyl sites for hydroxylation is 1. The van der Waals surface area contributed by atoms with Gasteiger partial charge in [0.2, 0.25) is 0 Å². The molecule has 1 atom stereocenters. The number of carbonyl (C=O) groups is 1. The molecule has 39 heavy (non-hydrogen) atoms. The topological polar surface area (TPSA) is 136 Å². The first kappa shape index (κ1) is 27.7. The number of aliphatic imine (C=N–C) groups is 1. The molecule has 0 saturated carbocycles. The number of amides is 1. The summed E-state index contributed by atoms with van der Waals surface area (Å²) in [4.78, 5) is 19.1. The molecule has 0 aliphatic carbocycles. The van der Waals surface area contributed by atoms with Gasteiger partial charge in [-0.2, -0.15) is 15.5 Å². The molecule has 0 aromatic carbocycles. The Morgan fingerprint density at radius 2 is 2.03 bits per heavy atom. The summed E-state index contributed by atoms with van der Waals surface area (Å²) < 4.78 is 15.2. The number of nitriles is 1. The number of pyridine rings is 1. The lowest BCUT2D eigenvalue weighted by molar-refractivity contribution is 0.0207. The van der Waals surface area contributed by atoms with Crippen LogP contribution in [0.2, 0.25) is 0 Å². The van der Waals surface area contributed by atoms with E-state index in [9.17, 15) is 10.1 Å². The van der Waals surface area contributed by atoms with Crippen molar-refractivity contribution in [1.29, 1.82) is 5.26 Å². The van der Waals surface area contributed by atoms with E-state index in [0.717, 1.165) is 35.4 Å². The summed E-state index contributed by atoms with van der Waals surface area (Å²) in [6.07, 6.45) is 7.43. The van der Waals surface area contributed by atoms with Gasteiger partial charge in [-0.05, 0) is 59.6 Å². The van der Waals surface area contributed by atoms with Crippen molar-refractivity contribution in [2.45, 2.75) is 65.2 Å². The summed E-state index contributed by atoms with van der Waals surface area (Å²) in [5.74, 6) is 0.507. The van der Waals surface area contributed by atoms with Gasteiger partial charge in [-0.3, -0.25) is 9.67 Å². The largest absolute Gasteiger partial charge is 0.482 e. The van der Waals surface area contributed by atoms with Crippen molar-refractivity contribution in [1.82, 2.24) is 24.3 Å². The van der Waals surface area contributed by atoms with Gasteiger partial charge in [0, 0.05) is 55.6 Å². The van der Waals surface area contributed by atoms with Crippen LogP contribution in [0.5, 0.6) is 5.75 Å². The highest BCUT2D eigenvalue weighted by Gasteiger charge is 2.27. The third-order valence-corrected chi connectivity index (χ3v) is 6.64. The number of piperidine rings is 1. The molecule has 1 saturated heterocycles. The van der Waals surface area contributed by atoms with E-state index in [2.05, 4.69) is 16.3 Å². The Labute approximate surface area is 228 Å². The normalized spacial score (nSPS) is 16.3. The summed E-state index contributed by atoms with van der Waals surface area (Å²) in [5, 5.41) is 18.3. The minimum absolute atomic E-state index is 0.0536. The Morgan fingerprint density at radius 1 is 1.31 bits per heavy atom. The van der Waals surface area contributed by atoms with Crippen LogP contribution < -0.4 is 10.5 Å². The molecule has 1 amide bonds. The van der Waals surface area contributed by atoms with Gasteiger partial charge in [0.25, 0.3) is 0 Å². The third-order valence-electron chi connectivity index (χ3n) is 6.64. The summed E-state index contributed by atoms with van der Waals surface area (Å²) >= 11 is 0. The molecule has 1 aliphatic heterocycles. The summed E-state index contributed by atoms with van der Waals surface area (Å²) in [6, 6.07) is 6.01. The van der Waals surface area contributed by atoms with E-state index in [4.69, 9.17) is 20.2 Å². The third kappa shape index (κ3) is 6.22. The van der Waals surface area contributed by atoms with Crippen LogP contribution >= 0.6 is 0 Å². The van der Waals surface area contributed by atoms with Gasteiger partial charge < -0.3 is 20.1 Å². The second kappa shape index (κ2) is 11.2. The molecular weight excluding hydrogens is 496 g/mol. The Kier molecular flexibility index (Phi) is 7.95. The molecule has 11 nitrogen and oxygen atoms in total. The summed E-state index contributed by atoms with van der Waals surface area (Å²) in [5.41, 5.74) is 9.73. The van der Waals surface area contributed by atoms with Gasteiger partial charge in [-0.15, -0.1) is 0 Å². The molecule has 3 aromatic rings. The number of fused-ring (bicyclic) bond motifs is 1. The number of rotatable bonds is 6. The molecular formula is C28H36N8O3. The smallest absolute Gasteiger partial charge is 0.410 e. The van der Waals surface area contributed by atoms with Gasteiger partial charge in [0.05, 0.1) is 17.9 Å². The molecule has 4 rings (SSSR count). The van der Waals surface area contributed by atoms with Gasteiger partial charge in [0.15, 0.2) is 0 Å². The SMILES string of the molecule is CC(=NC1CCN(C(=O)OC(C)(C)C)CC1)/C(=C\N)c1cc(OC(C)c2ccnn2C)c2c(C#N)cnn2c1. The Hall–Kier alpha value is -4.33. The second-order valence-corrected chi connectivity index (χ2v) is 10.7. The number of allylic oxidation sites excluding steroid dienone is 1. The number of ether oxygens (including phenoxy) is 2. The lowest BCUT2D eigenvalue weighted by atomic mass is 10.0. The zero-order valence-corrected chi connectivity index (χ0v) is 23.4. The molecule has 1 aliphatic rings. The van der Waals surface area contributed by atoms with Crippen molar-refractivity contribution in [3.8, 4) is 11.8 Å². The highest BCUT2D eigenvalue weighted by molar-refractivity contribution is 6.22. The molecule has 1 unspecified atom stereocenters. The number of hydrogen-bond donors (Lipinski definition) is 1. The first-order valence-corrected chi connectivity index (χ1v) is 13.0. The molecule has 4 heterocycles. The molecule has 3 aromatic heterocycles. The van der Waals surface area contributed by atoms with E-state index in [1.165, 1.54) is 12.4 Å². The monoisotopic (exact) mass is 532 g/mol. The maximum Gasteiger partial charge on any atom is 0.410 e. The van der Waals surface area contributed by atoms with Crippen LogP contribution in [-0.4, -0.2) is 60.8 Å². The first-order valence-electron chi connectivity index (χ1n) is 13.0. The number of nitrogens with two attached hydrogens (primary N) is 1. The minimum atomic E-state index is -0.523. The van der Waals surface area contributed by atoms with Crippen molar-refractivity contribution >= 4 is 22.9 Å². The Balaban J connectivity index is 1.57. The number of hydrogen-bond acceptors (Lipinski definition) is 8. The average Bonchev–Trinajstić information content (AvgIpc) is 3.50. The number of aromatic nitrogens is 4. The standard InChI is InChI=1S/C28H36N8O3/c1-18(33-22-8-11-35(12-9-22)27(37)39-28(3,4)5)23(15-30)20-13-25(26-21(14-29)16-32-36(26)17-20)38-19(2)24-7-10-31-34(24)6/h7,10,13,15-17,19,22H,8-9,11-12,30H2,1-6H3/b23-15+,33-18?. The van der Waals surface area contributed by atoms with Gasteiger partial charge >= 0.3 is 6.09 Å². The molecule has 11 heteroatoms. The van der Waals surface area contributed by atoms with E-state index in [1.807, 2.05) is 60.0 Å². The lowest BCUT2D eigenvalue weighted by Gasteiger charge is -2.32. The molecule has 2 N–H and O–H groups in total. The number of likely N-dealkylation sites (tertiary alicyclic amines) is 1. The molecule has 0 radical (unpaired) electrons. The Morgan fingerprint density at radius 3 is 2.62 bits per heavy atom. The summed E-state index contributed by atoms with van der Waals surface area (Å²) in [6.45, 7) is 10.6. The van der Waals surface area contributed by atoms with Crippen molar-refractivity contribution < 1.29 is 14.3 Å². The lowest BCUT2D eigenvalue weighted by Crippen LogP contribution is -2.42. The highest BCUT2D eigenvalue weighted by atomic mass is 16.6. The van der Waals surface area contributed by atoms with Crippen molar-refractivity contribution in [3.05, 3.63) is 53.7 Å². The van der Waals surface area contributed by atoms with Gasteiger partial charge in [-0.25, -0.2) is 9.31 Å². The zero-order chi connectivity index (χ0) is 28.3. The van der Waals surface area contributed by atoms with E-state index in [1.54, 1.807) is 20.3 Å². The number of carbonyl (C=O) groups excluding carboxylic acids is 1. The fourth-order valence-corrected chi connectivity index (χ4v) is 4.71. The highest BCUT2D eigenvalue weighted by Crippen LogP contribution is 2.32.